The second-order valence-corrected chi connectivity index (χ2v) is 8.57. The van der Waals surface area contributed by atoms with Crippen molar-refractivity contribution in [3.8, 4) is 0 Å². The smallest absolute Gasteiger partial charge is 0.311 e. The van der Waals surface area contributed by atoms with Crippen molar-refractivity contribution in [3.05, 3.63) is 29.8 Å². The highest BCUT2D eigenvalue weighted by atomic mass is 16.5. The maximum absolute atomic E-state index is 12.4. The predicted octanol–water partition coefficient (Wildman–Crippen LogP) is 2.22. The van der Waals surface area contributed by atoms with Gasteiger partial charge in [0.1, 0.15) is 0 Å². The summed E-state index contributed by atoms with van der Waals surface area (Å²) in [6.07, 6.45) is 3.36. The molecule has 3 fully saturated rings. The Labute approximate surface area is 154 Å². The van der Waals surface area contributed by atoms with Crippen LogP contribution in [-0.4, -0.2) is 54.4 Å². The Morgan fingerprint density at radius 3 is 2.96 bits per heavy atom. The molecule has 2 N–H and O–H groups in total. The quantitative estimate of drug-likeness (QED) is 0.756. The summed E-state index contributed by atoms with van der Waals surface area (Å²) < 4.78 is 5.05. The maximum atomic E-state index is 12.4. The number of hydrogen-bond acceptors (Lipinski definition) is 5. The molecule has 5 heteroatoms. The highest BCUT2D eigenvalue weighted by molar-refractivity contribution is 5.73. The largest absolute Gasteiger partial charge is 0.469 e. The van der Waals surface area contributed by atoms with Crippen molar-refractivity contribution in [3.63, 3.8) is 0 Å². The van der Waals surface area contributed by atoms with Gasteiger partial charge in [0.2, 0.25) is 0 Å². The third-order valence-electron chi connectivity index (χ3n) is 7.50. The number of rotatable bonds is 1. The van der Waals surface area contributed by atoms with Gasteiger partial charge in [-0.1, -0.05) is 18.2 Å². The molecule has 3 unspecified atom stereocenters. The van der Waals surface area contributed by atoms with Gasteiger partial charge < -0.3 is 15.2 Å². The summed E-state index contributed by atoms with van der Waals surface area (Å²) in [6.45, 7) is 2.19. The summed E-state index contributed by atoms with van der Waals surface area (Å²) in [5, 5.41) is 14.3. The summed E-state index contributed by atoms with van der Waals surface area (Å²) in [5.74, 6) is 0.714. The number of methoxy groups -OCH3 is 1. The third-order valence-corrected chi connectivity index (χ3v) is 7.50. The lowest BCUT2D eigenvalue weighted by molar-refractivity contribution is -0.160. The molecule has 0 radical (unpaired) electrons. The summed E-state index contributed by atoms with van der Waals surface area (Å²) in [7, 11) is 1.44. The zero-order valence-corrected chi connectivity index (χ0v) is 15.3. The van der Waals surface area contributed by atoms with Gasteiger partial charge in [-0.3, -0.25) is 9.69 Å². The molecule has 140 valence electrons. The number of para-hydroxylation sites is 1. The molecule has 0 bridgehead atoms. The van der Waals surface area contributed by atoms with Crippen molar-refractivity contribution in [1.82, 2.24) is 4.90 Å². The van der Waals surface area contributed by atoms with Gasteiger partial charge >= 0.3 is 5.97 Å². The Kier molecular flexibility index (Phi) is 3.98. The lowest BCUT2D eigenvalue weighted by atomic mass is 9.63. The fourth-order valence-electron chi connectivity index (χ4n) is 6.32. The van der Waals surface area contributed by atoms with Crippen molar-refractivity contribution < 1.29 is 14.6 Å². The van der Waals surface area contributed by atoms with E-state index < -0.39 is 6.10 Å². The Balaban J connectivity index is 1.43. The molecule has 3 aliphatic heterocycles. The van der Waals surface area contributed by atoms with Gasteiger partial charge in [-0.2, -0.15) is 0 Å². The fraction of sp³-hybridized carbons (Fsp3) is 0.667. The maximum Gasteiger partial charge on any atom is 0.311 e. The molecule has 7 atom stereocenters. The minimum Gasteiger partial charge on any atom is -0.469 e. The topological polar surface area (TPSA) is 61.8 Å². The number of carbonyl (C=O) groups is 1. The van der Waals surface area contributed by atoms with E-state index in [2.05, 4.69) is 34.5 Å². The number of benzene rings is 1. The number of esters is 1. The minimum absolute atomic E-state index is 0.226. The number of nitrogens with zero attached hydrogens (tertiary/aromatic N) is 1. The van der Waals surface area contributed by atoms with Crippen LogP contribution in [0.1, 0.15) is 37.2 Å². The average Bonchev–Trinajstić information content (AvgIpc) is 3.05. The van der Waals surface area contributed by atoms with Gasteiger partial charge in [-0.25, -0.2) is 0 Å². The van der Waals surface area contributed by atoms with E-state index in [1.807, 2.05) is 0 Å². The lowest BCUT2D eigenvalue weighted by Crippen LogP contribution is -2.61. The summed E-state index contributed by atoms with van der Waals surface area (Å²) in [5.41, 5.74) is 2.73. The molecule has 0 amide bonds. The molecule has 1 saturated carbocycles. The van der Waals surface area contributed by atoms with Crippen LogP contribution in [0.15, 0.2) is 24.3 Å². The van der Waals surface area contributed by atoms with Crippen LogP contribution in [0.4, 0.5) is 5.69 Å². The van der Waals surface area contributed by atoms with Crippen molar-refractivity contribution in [2.75, 3.05) is 25.5 Å². The van der Waals surface area contributed by atoms with Crippen molar-refractivity contribution in [1.29, 1.82) is 0 Å². The van der Waals surface area contributed by atoms with Crippen molar-refractivity contribution in [2.45, 2.75) is 49.8 Å². The third kappa shape index (κ3) is 2.40. The number of aliphatic hydroxyl groups excluding tert-OH is 1. The first kappa shape index (κ1) is 16.6. The first-order valence-corrected chi connectivity index (χ1v) is 10.0. The van der Waals surface area contributed by atoms with Crippen molar-refractivity contribution in [2.24, 2.45) is 17.8 Å². The summed E-state index contributed by atoms with van der Waals surface area (Å²) in [6, 6.07) is 9.53. The molecule has 1 aromatic carbocycles. The van der Waals surface area contributed by atoms with E-state index in [1.54, 1.807) is 0 Å². The molecule has 2 saturated heterocycles. The monoisotopic (exact) mass is 356 g/mol. The SMILES string of the molecule is COC(=O)C1[C@H]2C[C@H]3C4Nc5ccccc5C4CCN3C[C@@H]2CC[C@@H]1O. The van der Waals surface area contributed by atoms with E-state index in [4.69, 9.17) is 4.74 Å². The number of anilines is 1. The number of aliphatic hydroxyl groups is 1. The molecule has 1 aromatic rings. The first-order valence-electron chi connectivity index (χ1n) is 10.0. The van der Waals surface area contributed by atoms with Crippen LogP contribution >= 0.6 is 0 Å². The second kappa shape index (κ2) is 6.24. The zero-order chi connectivity index (χ0) is 17.8. The number of fused-ring (bicyclic) bond motifs is 6. The second-order valence-electron chi connectivity index (χ2n) is 8.57. The van der Waals surface area contributed by atoms with E-state index in [-0.39, 0.29) is 17.8 Å². The minimum atomic E-state index is -0.552. The lowest BCUT2D eigenvalue weighted by Gasteiger charge is -2.54. The average molecular weight is 356 g/mol. The Hall–Kier alpha value is -1.59. The van der Waals surface area contributed by atoms with E-state index in [9.17, 15) is 9.90 Å². The van der Waals surface area contributed by atoms with Gasteiger partial charge in [0.25, 0.3) is 0 Å². The number of nitrogens with one attached hydrogen (secondary N) is 1. The highest BCUT2D eigenvalue weighted by Gasteiger charge is 2.52. The van der Waals surface area contributed by atoms with Crippen LogP contribution in [0.25, 0.3) is 0 Å². The van der Waals surface area contributed by atoms with Crippen LogP contribution in [-0.2, 0) is 9.53 Å². The van der Waals surface area contributed by atoms with Gasteiger partial charge in [-0.15, -0.1) is 0 Å². The van der Waals surface area contributed by atoms with E-state index in [0.717, 1.165) is 32.4 Å². The standard InChI is InChI=1S/C21H28N2O3/c1-26-21(25)19-15-10-17-20-14(13-4-2-3-5-16(13)22-20)8-9-23(17)11-12(15)6-7-18(19)24/h2-5,12,14-15,17-20,22,24H,6-11H2,1H3/t12-,14?,15-,17-,18-,19?,20?/m0/s1. The molecule has 1 aliphatic carbocycles. The highest BCUT2D eigenvalue weighted by Crippen LogP contribution is 2.50. The van der Waals surface area contributed by atoms with Crippen LogP contribution < -0.4 is 5.32 Å². The van der Waals surface area contributed by atoms with E-state index >= 15 is 0 Å². The van der Waals surface area contributed by atoms with Crippen LogP contribution in [0, 0.1) is 17.8 Å². The molecule has 3 heterocycles. The van der Waals surface area contributed by atoms with Gasteiger partial charge in [0.05, 0.1) is 19.1 Å². The molecule has 0 spiro atoms. The van der Waals surface area contributed by atoms with E-state index in [0.29, 0.717) is 23.9 Å². The number of piperidine rings is 2. The number of ether oxygens (including phenoxy) is 1. The summed E-state index contributed by atoms with van der Waals surface area (Å²) >= 11 is 0. The molecule has 4 aliphatic rings. The Morgan fingerprint density at radius 1 is 1.27 bits per heavy atom. The fourth-order valence-corrected chi connectivity index (χ4v) is 6.32. The molecular formula is C21H28N2O3. The zero-order valence-electron chi connectivity index (χ0n) is 15.3. The Morgan fingerprint density at radius 2 is 2.12 bits per heavy atom. The van der Waals surface area contributed by atoms with Crippen LogP contribution in [0.3, 0.4) is 0 Å². The van der Waals surface area contributed by atoms with Crippen molar-refractivity contribution >= 4 is 11.7 Å². The predicted molar refractivity (Wildman–Crippen MR) is 98.9 cm³/mol. The molecule has 26 heavy (non-hydrogen) atoms. The molecule has 0 aromatic heterocycles. The van der Waals surface area contributed by atoms with Gasteiger partial charge in [-0.05, 0) is 55.7 Å². The molecular weight excluding hydrogens is 328 g/mol. The number of hydrogen-bond donors (Lipinski definition) is 2. The normalized spacial score (nSPS) is 41.2. The van der Waals surface area contributed by atoms with Crippen LogP contribution in [0.5, 0.6) is 0 Å². The number of carbonyl (C=O) groups excluding carboxylic acids is 1. The van der Waals surface area contributed by atoms with Gasteiger partial charge in [0, 0.05) is 30.2 Å². The Bertz CT molecular complexity index is 708. The molecule has 5 nitrogen and oxygen atoms in total. The molecule has 5 rings (SSSR count). The first-order chi connectivity index (χ1) is 12.7. The van der Waals surface area contributed by atoms with E-state index in [1.165, 1.54) is 24.8 Å². The van der Waals surface area contributed by atoms with Gasteiger partial charge in [0.15, 0.2) is 0 Å². The van der Waals surface area contributed by atoms with Crippen LogP contribution in [0.2, 0.25) is 0 Å². The summed E-state index contributed by atoms with van der Waals surface area (Å²) in [4.78, 5) is 15.0.